The first-order chi connectivity index (χ1) is 16.1. The second kappa shape index (κ2) is 8.72. The number of benzene rings is 2. The van der Waals surface area contributed by atoms with Gasteiger partial charge in [-0.2, -0.15) is 0 Å². The Hall–Kier alpha value is -3.45. The number of allylic oxidation sites excluding steroid dienone is 1. The predicted octanol–water partition coefficient (Wildman–Crippen LogP) is 4.86. The maximum Gasteiger partial charge on any atom is 0.270 e. The molecule has 4 rings (SSSR count). The van der Waals surface area contributed by atoms with E-state index in [0.29, 0.717) is 17.0 Å². The zero-order chi connectivity index (χ0) is 24.8. The summed E-state index contributed by atoms with van der Waals surface area (Å²) in [5.41, 5.74) is 5.35. The maximum absolute atomic E-state index is 13.4. The standard InChI is InChI=1S/C27H29N3O3S/c1-7-29-22-14-23(33-6)18(12-20(22)17(3)15-27(29,4)5)13-21-24(31)28-26(34)30(25(21)32)19-10-8-9-16(2)11-19/h8-15H,7H2,1-6H3,(H,28,31,34)/b21-13-. The van der Waals surface area contributed by atoms with Gasteiger partial charge in [-0.3, -0.25) is 19.8 Å². The van der Waals surface area contributed by atoms with Gasteiger partial charge in [0.15, 0.2) is 5.11 Å². The van der Waals surface area contributed by atoms with Crippen molar-refractivity contribution >= 4 is 52.2 Å². The van der Waals surface area contributed by atoms with Gasteiger partial charge in [-0.05, 0) is 82.2 Å². The molecule has 0 unspecified atom stereocenters. The minimum atomic E-state index is -0.526. The Morgan fingerprint density at radius 3 is 2.53 bits per heavy atom. The minimum absolute atomic E-state index is 0.00141. The molecule has 34 heavy (non-hydrogen) atoms. The van der Waals surface area contributed by atoms with Gasteiger partial charge in [0.1, 0.15) is 11.3 Å². The molecule has 7 heteroatoms. The predicted molar refractivity (Wildman–Crippen MR) is 141 cm³/mol. The van der Waals surface area contributed by atoms with Crippen molar-refractivity contribution in [1.82, 2.24) is 5.32 Å². The maximum atomic E-state index is 13.4. The van der Waals surface area contributed by atoms with Crippen LogP contribution in [0.4, 0.5) is 11.4 Å². The second-order valence-corrected chi connectivity index (χ2v) is 9.52. The van der Waals surface area contributed by atoms with Crippen LogP contribution in [0.2, 0.25) is 0 Å². The number of nitrogens with zero attached hydrogens (tertiary/aromatic N) is 2. The van der Waals surface area contributed by atoms with Crippen LogP contribution in [0.1, 0.15) is 44.4 Å². The number of aryl methyl sites for hydroxylation is 1. The molecule has 0 bridgehead atoms. The number of methoxy groups -OCH3 is 1. The number of likely N-dealkylation sites (N-methyl/N-ethyl adjacent to an activating group) is 1. The molecule has 2 aromatic rings. The molecule has 1 N–H and O–H groups in total. The Bertz CT molecular complexity index is 1280. The molecule has 0 spiro atoms. The van der Waals surface area contributed by atoms with Crippen LogP contribution in [0.15, 0.2) is 48.0 Å². The summed E-state index contributed by atoms with van der Waals surface area (Å²) in [7, 11) is 1.59. The van der Waals surface area contributed by atoms with E-state index < -0.39 is 11.8 Å². The van der Waals surface area contributed by atoms with Crippen molar-refractivity contribution in [3.63, 3.8) is 0 Å². The van der Waals surface area contributed by atoms with Crippen LogP contribution < -0.4 is 19.9 Å². The highest BCUT2D eigenvalue weighted by atomic mass is 32.1. The van der Waals surface area contributed by atoms with Crippen molar-refractivity contribution in [2.24, 2.45) is 0 Å². The van der Waals surface area contributed by atoms with Gasteiger partial charge in [-0.25, -0.2) is 0 Å². The number of ether oxygens (including phenoxy) is 1. The summed E-state index contributed by atoms with van der Waals surface area (Å²) in [5, 5.41) is 2.72. The molecule has 2 heterocycles. The molecule has 176 valence electrons. The molecule has 2 aliphatic heterocycles. The number of anilines is 2. The highest BCUT2D eigenvalue weighted by Crippen LogP contribution is 2.42. The number of hydrogen-bond donors (Lipinski definition) is 1. The van der Waals surface area contributed by atoms with Crippen LogP contribution in [-0.4, -0.2) is 36.1 Å². The van der Waals surface area contributed by atoms with E-state index in [2.05, 4.69) is 44.0 Å². The van der Waals surface area contributed by atoms with Crippen LogP contribution in [0.5, 0.6) is 5.75 Å². The Morgan fingerprint density at radius 1 is 1.15 bits per heavy atom. The number of nitrogens with one attached hydrogen (secondary N) is 1. The summed E-state index contributed by atoms with van der Waals surface area (Å²) in [6.45, 7) is 11.3. The van der Waals surface area contributed by atoms with Gasteiger partial charge in [0.25, 0.3) is 11.8 Å². The Kier molecular flexibility index (Phi) is 6.08. The van der Waals surface area contributed by atoms with Crippen molar-refractivity contribution in [1.29, 1.82) is 0 Å². The molecule has 0 aromatic heterocycles. The number of carbonyl (C=O) groups is 2. The summed E-state index contributed by atoms with van der Waals surface area (Å²) in [6.07, 6.45) is 3.82. The molecule has 0 atom stereocenters. The fraction of sp³-hybridized carbons (Fsp3) is 0.296. The number of thiocarbonyl (C=S) groups is 1. The summed E-state index contributed by atoms with van der Waals surface area (Å²) >= 11 is 5.32. The van der Waals surface area contributed by atoms with Gasteiger partial charge in [-0.1, -0.05) is 18.2 Å². The van der Waals surface area contributed by atoms with E-state index in [9.17, 15) is 9.59 Å². The van der Waals surface area contributed by atoms with Gasteiger partial charge in [0, 0.05) is 29.4 Å². The fourth-order valence-corrected chi connectivity index (χ4v) is 5.08. The van der Waals surface area contributed by atoms with E-state index in [0.717, 1.165) is 28.9 Å². The lowest BCUT2D eigenvalue weighted by Gasteiger charge is -2.43. The van der Waals surface area contributed by atoms with Crippen LogP contribution in [-0.2, 0) is 9.59 Å². The van der Waals surface area contributed by atoms with Crippen molar-refractivity contribution in [3.8, 4) is 5.75 Å². The molecule has 2 aromatic carbocycles. The van der Waals surface area contributed by atoms with Gasteiger partial charge in [0.2, 0.25) is 0 Å². The molecule has 1 saturated heterocycles. The van der Waals surface area contributed by atoms with Gasteiger partial charge < -0.3 is 9.64 Å². The monoisotopic (exact) mass is 475 g/mol. The van der Waals surface area contributed by atoms with E-state index in [1.54, 1.807) is 19.3 Å². The number of rotatable bonds is 4. The normalized spacial score (nSPS) is 18.6. The minimum Gasteiger partial charge on any atom is -0.496 e. The molecular weight excluding hydrogens is 446 g/mol. The van der Waals surface area contributed by atoms with Crippen LogP contribution >= 0.6 is 12.2 Å². The summed E-state index contributed by atoms with van der Waals surface area (Å²) in [6, 6.07) is 11.4. The highest BCUT2D eigenvalue weighted by Gasteiger charge is 2.35. The van der Waals surface area contributed by atoms with Gasteiger partial charge in [0.05, 0.1) is 18.3 Å². The van der Waals surface area contributed by atoms with Crippen molar-refractivity contribution in [2.45, 2.75) is 40.2 Å². The third-order valence-corrected chi connectivity index (χ3v) is 6.59. The average molecular weight is 476 g/mol. The Labute approximate surface area is 205 Å². The Balaban J connectivity index is 1.83. The number of carbonyl (C=O) groups excluding carboxylic acids is 2. The highest BCUT2D eigenvalue weighted by molar-refractivity contribution is 7.80. The van der Waals surface area contributed by atoms with Gasteiger partial charge in [-0.15, -0.1) is 0 Å². The van der Waals surface area contributed by atoms with E-state index in [1.165, 1.54) is 4.90 Å². The van der Waals surface area contributed by atoms with E-state index >= 15 is 0 Å². The smallest absolute Gasteiger partial charge is 0.270 e. The topological polar surface area (TPSA) is 61.9 Å². The molecule has 2 aliphatic rings. The second-order valence-electron chi connectivity index (χ2n) is 9.13. The van der Waals surface area contributed by atoms with Crippen LogP contribution in [0.25, 0.3) is 11.6 Å². The SMILES string of the molecule is CCN1c2cc(OC)c(/C=C3/C(=O)NC(=S)N(c4cccc(C)c4)C3=O)cc2C(C)=CC1(C)C. The lowest BCUT2D eigenvalue weighted by molar-refractivity contribution is -0.122. The van der Waals surface area contributed by atoms with E-state index in [1.807, 2.05) is 37.3 Å². The quantitative estimate of drug-likeness (QED) is 0.389. The van der Waals surface area contributed by atoms with E-state index in [-0.39, 0.29) is 16.2 Å². The molecule has 0 radical (unpaired) electrons. The lowest BCUT2D eigenvalue weighted by atomic mass is 9.87. The third kappa shape index (κ3) is 4.01. The lowest BCUT2D eigenvalue weighted by Crippen LogP contribution is -2.54. The van der Waals surface area contributed by atoms with Crippen molar-refractivity contribution < 1.29 is 14.3 Å². The average Bonchev–Trinajstić information content (AvgIpc) is 2.76. The van der Waals surface area contributed by atoms with Crippen LogP contribution in [0, 0.1) is 6.92 Å². The zero-order valence-corrected chi connectivity index (χ0v) is 21.2. The van der Waals surface area contributed by atoms with E-state index in [4.69, 9.17) is 17.0 Å². The Morgan fingerprint density at radius 2 is 1.88 bits per heavy atom. The first-order valence-electron chi connectivity index (χ1n) is 11.2. The van der Waals surface area contributed by atoms with Crippen molar-refractivity contribution in [2.75, 3.05) is 23.5 Å². The molecule has 0 aliphatic carbocycles. The molecule has 2 amide bonds. The van der Waals surface area contributed by atoms with Crippen LogP contribution in [0.3, 0.4) is 0 Å². The summed E-state index contributed by atoms with van der Waals surface area (Å²) in [4.78, 5) is 29.9. The zero-order valence-electron chi connectivity index (χ0n) is 20.4. The van der Waals surface area contributed by atoms with Gasteiger partial charge >= 0.3 is 0 Å². The first-order valence-corrected chi connectivity index (χ1v) is 11.7. The fourth-order valence-electron chi connectivity index (χ4n) is 4.80. The summed E-state index contributed by atoms with van der Waals surface area (Å²) in [5.74, 6) is -0.406. The van der Waals surface area contributed by atoms with Crippen molar-refractivity contribution in [3.05, 3.63) is 64.7 Å². The molecule has 1 fully saturated rings. The first kappa shape index (κ1) is 23.7. The number of fused-ring (bicyclic) bond motifs is 1. The molecule has 6 nitrogen and oxygen atoms in total. The molecule has 0 saturated carbocycles. The number of amides is 2. The number of hydrogen-bond acceptors (Lipinski definition) is 5. The molecular formula is C27H29N3O3S. The third-order valence-electron chi connectivity index (χ3n) is 6.31. The summed E-state index contributed by atoms with van der Waals surface area (Å²) < 4.78 is 5.69. The largest absolute Gasteiger partial charge is 0.496 e.